The Morgan fingerprint density at radius 3 is 2.62 bits per heavy atom. The molecule has 1 N–H and O–H groups in total. The normalized spacial score (nSPS) is 10.8. The molecule has 0 fully saturated rings. The molecule has 7 heteroatoms. The summed E-state index contributed by atoms with van der Waals surface area (Å²) in [6.45, 7) is 8.22. The van der Waals surface area contributed by atoms with Gasteiger partial charge in [-0.1, -0.05) is 43.6 Å². The average Bonchev–Trinajstić information content (AvgIpc) is 2.86. The van der Waals surface area contributed by atoms with E-state index in [-0.39, 0.29) is 12.5 Å². The number of rotatable bonds is 7. The van der Waals surface area contributed by atoms with Gasteiger partial charge in [-0.2, -0.15) is 5.10 Å². The van der Waals surface area contributed by atoms with Crippen molar-refractivity contribution in [2.24, 2.45) is 5.92 Å². The highest BCUT2D eigenvalue weighted by Gasteiger charge is 2.21. The van der Waals surface area contributed by atoms with Gasteiger partial charge in [-0.3, -0.25) is 9.48 Å². The van der Waals surface area contributed by atoms with E-state index in [0.717, 1.165) is 5.56 Å². The Labute approximate surface area is 158 Å². The number of nitrogens with zero attached hydrogens (tertiary/aromatic N) is 2. The third-order valence-electron chi connectivity index (χ3n) is 3.91. The Morgan fingerprint density at radius 2 is 1.96 bits per heavy atom. The summed E-state index contributed by atoms with van der Waals surface area (Å²) in [5.41, 5.74) is 2.53. The van der Waals surface area contributed by atoms with Gasteiger partial charge in [0.25, 0.3) is 5.91 Å². The molecule has 1 aromatic carbocycles. The summed E-state index contributed by atoms with van der Waals surface area (Å²) in [5.74, 6) is -0.530. The summed E-state index contributed by atoms with van der Waals surface area (Å²) in [6, 6.07) is 7.49. The zero-order valence-corrected chi connectivity index (χ0v) is 16.3. The number of carbonyl (C=O) groups excluding carboxylic acids is 2. The van der Waals surface area contributed by atoms with Crippen LogP contribution in [0.2, 0.25) is 5.02 Å². The minimum absolute atomic E-state index is 0.305. The van der Waals surface area contributed by atoms with Gasteiger partial charge in [0.1, 0.15) is 5.56 Å². The van der Waals surface area contributed by atoms with E-state index in [1.807, 2.05) is 38.1 Å². The molecular formula is C19H24ClN3O3. The first kappa shape index (κ1) is 20.0. The van der Waals surface area contributed by atoms with E-state index in [4.69, 9.17) is 16.3 Å². The molecule has 0 aliphatic heterocycles. The zero-order chi connectivity index (χ0) is 19.3. The van der Waals surface area contributed by atoms with Crippen molar-refractivity contribution < 1.29 is 14.3 Å². The monoisotopic (exact) mass is 377 g/mol. The van der Waals surface area contributed by atoms with Gasteiger partial charge >= 0.3 is 5.97 Å². The molecule has 0 saturated heterocycles. The quantitative estimate of drug-likeness (QED) is 0.752. The van der Waals surface area contributed by atoms with Crippen LogP contribution in [-0.4, -0.2) is 34.8 Å². The van der Waals surface area contributed by atoms with Gasteiger partial charge < -0.3 is 10.1 Å². The van der Waals surface area contributed by atoms with Crippen LogP contribution < -0.4 is 5.32 Å². The van der Waals surface area contributed by atoms with Gasteiger partial charge in [0.2, 0.25) is 0 Å². The van der Waals surface area contributed by atoms with Crippen LogP contribution in [0.5, 0.6) is 0 Å². The second-order valence-electron chi connectivity index (χ2n) is 6.57. The van der Waals surface area contributed by atoms with Gasteiger partial charge in [-0.15, -0.1) is 0 Å². The molecule has 1 amide bonds. The van der Waals surface area contributed by atoms with Crippen molar-refractivity contribution >= 4 is 23.5 Å². The number of esters is 1. The standard InChI is InChI=1S/C19H24ClN3O3/c1-12(2)9-21-17(24)11-26-19(25)18-13(3)22-23(14(18)4)10-15-7-5-6-8-16(15)20/h5-8,12H,9-11H2,1-4H3,(H,21,24). The van der Waals surface area contributed by atoms with Crippen molar-refractivity contribution in [3.05, 3.63) is 51.8 Å². The molecule has 26 heavy (non-hydrogen) atoms. The summed E-state index contributed by atoms with van der Waals surface area (Å²) in [4.78, 5) is 24.1. The van der Waals surface area contributed by atoms with E-state index in [2.05, 4.69) is 10.4 Å². The summed E-state index contributed by atoms with van der Waals surface area (Å²) in [5, 5.41) is 7.77. The van der Waals surface area contributed by atoms with Crippen LogP contribution in [0.3, 0.4) is 0 Å². The maximum Gasteiger partial charge on any atom is 0.342 e. The van der Waals surface area contributed by atoms with Crippen molar-refractivity contribution in [1.29, 1.82) is 0 Å². The molecule has 1 aromatic heterocycles. The number of ether oxygens (including phenoxy) is 1. The molecular weight excluding hydrogens is 354 g/mol. The number of aryl methyl sites for hydroxylation is 1. The molecule has 0 aliphatic carbocycles. The van der Waals surface area contributed by atoms with E-state index in [1.54, 1.807) is 18.5 Å². The Kier molecular flexibility index (Phi) is 6.80. The Hall–Kier alpha value is -2.34. The zero-order valence-electron chi connectivity index (χ0n) is 15.5. The SMILES string of the molecule is Cc1nn(Cc2ccccc2Cl)c(C)c1C(=O)OCC(=O)NCC(C)C. The fourth-order valence-corrected chi connectivity index (χ4v) is 2.70. The highest BCUT2D eigenvalue weighted by molar-refractivity contribution is 6.31. The number of nitrogens with one attached hydrogen (secondary N) is 1. The van der Waals surface area contributed by atoms with Crippen LogP contribution in [0.1, 0.15) is 41.2 Å². The van der Waals surface area contributed by atoms with E-state index in [9.17, 15) is 9.59 Å². The van der Waals surface area contributed by atoms with Crippen LogP contribution in [0.25, 0.3) is 0 Å². The molecule has 0 bridgehead atoms. The topological polar surface area (TPSA) is 73.2 Å². The molecule has 140 valence electrons. The van der Waals surface area contributed by atoms with Crippen molar-refractivity contribution in [1.82, 2.24) is 15.1 Å². The summed E-state index contributed by atoms with van der Waals surface area (Å²) < 4.78 is 6.85. The number of hydrogen-bond donors (Lipinski definition) is 1. The minimum atomic E-state index is -0.551. The molecule has 0 saturated carbocycles. The summed E-state index contributed by atoms with van der Waals surface area (Å²) >= 11 is 6.19. The third-order valence-corrected chi connectivity index (χ3v) is 4.27. The second-order valence-corrected chi connectivity index (χ2v) is 6.98. The molecule has 6 nitrogen and oxygen atoms in total. The van der Waals surface area contributed by atoms with Crippen LogP contribution in [-0.2, 0) is 16.1 Å². The fraction of sp³-hybridized carbons (Fsp3) is 0.421. The summed E-state index contributed by atoms with van der Waals surface area (Å²) in [7, 11) is 0. The van der Waals surface area contributed by atoms with E-state index in [1.165, 1.54) is 0 Å². The Balaban J connectivity index is 2.06. The first-order valence-electron chi connectivity index (χ1n) is 8.50. The van der Waals surface area contributed by atoms with Gasteiger partial charge in [0.15, 0.2) is 6.61 Å². The number of amides is 1. The molecule has 0 atom stereocenters. The highest BCUT2D eigenvalue weighted by Crippen LogP contribution is 2.20. The number of carbonyl (C=O) groups is 2. The lowest BCUT2D eigenvalue weighted by Gasteiger charge is -2.09. The summed E-state index contributed by atoms with van der Waals surface area (Å²) in [6.07, 6.45) is 0. The average molecular weight is 378 g/mol. The molecule has 2 rings (SSSR count). The predicted octanol–water partition coefficient (Wildman–Crippen LogP) is 3.13. The maximum absolute atomic E-state index is 12.4. The predicted molar refractivity (Wildman–Crippen MR) is 100 cm³/mol. The number of halogens is 1. The number of hydrogen-bond acceptors (Lipinski definition) is 4. The second kappa shape index (κ2) is 8.85. The van der Waals surface area contributed by atoms with Gasteiger partial charge in [0, 0.05) is 11.6 Å². The third kappa shape index (κ3) is 5.08. The largest absolute Gasteiger partial charge is 0.452 e. The Morgan fingerprint density at radius 1 is 1.27 bits per heavy atom. The van der Waals surface area contributed by atoms with Gasteiger partial charge in [0.05, 0.1) is 17.9 Å². The number of aromatic nitrogens is 2. The molecule has 0 spiro atoms. The van der Waals surface area contributed by atoms with Gasteiger partial charge in [-0.25, -0.2) is 4.79 Å². The van der Waals surface area contributed by atoms with Gasteiger partial charge in [-0.05, 0) is 31.4 Å². The van der Waals surface area contributed by atoms with Crippen molar-refractivity contribution in [3.63, 3.8) is 0 Å². The van der Waals surface area contributed by atoms with Crippen molar-refractivity contribution in [2.45, 2.75) is 34.2 Å². The smallest absolute Gasteiger partial charge is 0.342 e. The van der Waals surface area contributed by atoms with Crippen LogP contribution in [0.15, 0.2) is 24.3 Å². The molecule has 0 unspecified atom stereocenters. The Bertz CT molecular complexity index is 799. The molecule has 0 aliphatic rings. The van der Waals surface area contributed by atoms with Crippen LogP contribution in [0, 0.1) is 19.8 Å². The van der Waals surface area contributed by atoms with Crippen molar-refractivity contribution in [3.8, 4) is 0 Å². The highest BCUT2D eigenvalue weighted by atomic mass is 35.5. The van der Waals surface area contributed by atoms with Crippen LogP contribution >= 0.6 is 11.6 Å². The lowest BCUT2D eigenvalue weighted by molar-refractivity contribution is -0.124. The lowest BCUT2D eigenvalue weighted by Crippen LogP contribution is -2.31. The lowest BCUT2D eigenvalue weighted by atomic mass is 10.2. The van der Waals surface area contributed by atoms with E-state index in [0.29, 0.717) is 41.0 Å². The first-order chi connectivity index (χ1) is 12.3. The minimum Gasteiger partial charge on any atom is -0.452 e. The molecule has 0 radical (unpaired) electrons. The number of benzene rings is 1. The molecule has 1 heterocycles. The van der Waals surface area contributed by atoms with E-state index >= 15 is 0 Å². The van der Waals surface area contributed by atoms with Crippen LogP contribution in [0.4, 0.5) is 0 Å². The van der Waals surface area contributed by atoms with Crippen molar-refractivity contribution in [2.75, 3.05) is 13.2 Å². The molecule has 2 aromatic rings. The fourth-order valence-electron chi connectivity index (χ4n) is 2.51. The van der Waals surface area contributed by atoms with E-state index < -0.39 is 5.97 Å². The first-order valence-corrected chi connectivity index (χ1v) is 8.88. The maximum atomic E-state index is 12.4.